The number of anilines is 1. The number of likely N-dealkylation sites (tertiary alicyclic amines) is 1. The molecule has 168 valence electrons. The Kier molecular flexibility index (Phi) is 5.99. The number of aromatic nitrogens is 3. The second kappa shape index (κ2) is 9.03. The van der Waals surface area contributed by atoms with E-state index in [0.29, 0.717) is 41.9 Å². The second-order valence-corrected chi connectivity index (χ2v) is 7.48. The third kappa shape index (κ3) is 4.22. The van der Waals surface area contributed by atoms with Crippen LogP contribution in [0, 0.1) is 5.82 Å². The van der Waals surface area contributed by atoms with E-state index in [9.17, 15) is 18.8 Å². The molecule has 3 aromatic rings. The van der Waals surface area contributed by atoms with Crippen molar-refractivity contribution in [2.24, 2.45) is 0 Å². The number of imidazole rings is 1. The fourth-order valence-corrected chi connectivity index (χ4v) is 3.88. The monoisotopic (exact) mass is 448 g/mol. The van der Waals surface area contributed by atoms with Gasteiger partial charge in [0, 0.05) is 29.9 Å². The van der Waals surface area contributed by atoms with E-state index in [1.807, 2.05) is 0 Å². The van der Waals surface area contributed by atoms with Crippen molar-refractivity contribution in [1.29, 1.82) is 0 Å². The lowest BCUT2D eigenvalue weighted by Gasteiger charge is -2.22. The van der Waals surface area contributed by atoms with Crippen molar-refractivity contribution in [3.63, 3.8) is 0 Å². The van der Waals surface area contributed by atoms with Gasteiger partial charge in [0.05, 0.1) is 6.04 Å². The van der Waals surface area contributed by atoms with Gasteiger partial charge in [-0.1, -0.05) is 18.7 Å². The van der Waals surface area contributed by atoms with Crippen LogP contribution in [0.4, 0.5) is 10.2 Å². The Morgan fingerprint density at radius 1 is 1.24 bits per heavy atom. The van der Waals surface area contributed by atoms with Crippen LogP contribution in [0.2, 0.25) is 0 Å². The third-order valence-corrected chi connectivity index (χ3v) is 5.48. The van der Waals surface area contributed by atoms with Crippen molar-refractivity contribution in [2.45, 2.75) is 18.9 Å². The van der Waals surface area contributed by atoms with Crippen molar-refractivity contribution in [3.05, 3.63) is 78.1 Å². The molecule has 3 heterocycles. The second-order valence-electron chi connectivity index (χ2n) is 7.48. The molecular formula is C23H21FN6O3. The molecule has 0 aliphatic carbocycles. The summed E-state index contributed by atoms with van der Waals surface area (Å²) in [6.45, 7) is 4.09. The number of carbonyl (C=O) groups is 3. The minimum atomic E-state index is -0.513. The molecule has 1 aliphatic heterocycles. The molecule has 1 aliphatic rings. The van der Waals surface area contributed by atoms with Crippen LogP contribution in [-0.2, 0) is 4.79 Å². The minimum absolute atomic E-state index is 0.0917. The summed E-state index contributed by atoms with van der Waals surface area (Å²) in [5.41, 5.74) is 1.38. The van der Waals surface area contributed by atoms with Crippen LogP contribution in [0.25, 0.3) is 11.3 Å². The molecule has 10 heteroatoms. The highest BCUT2D eigenvalue weighted by Crippen LogP contribution is 2.34. The highest BCUT2D eigenvalue weighted by molar-refractivity contribution is 6.04. The smallest absolute Gasteiger partial charge is 0.256 e. The van der Waals surface area contributed by atoms with Crippen LogP contribution in [-0.4, -0.2) is 44.2 Å². The van der Waals surface area contributed by atoms with Crippen LogP contribution < -0.4 is 11.2 Å². The molecule has 2 aromatic heterocycles. The zero-order valence-electron chi connectivity index (χ0n) is 17.6. The Morgan fingerprint density at radius 2 is 2.00 bits per heavy atom. The Balaban J connectivity index is 1.61. The van der Waals surface area contributed by atoms with Gasteiger partial charge in [0.1, 0.15) is 23.0 Å². The normalized spacial score (nSPS) is 15.3. The number of halogens is 1. The molecule has 1 saturated heterocycles. The van der Waals surface area contributed by atoms with E-state index in [-0.39, 0.29) is 23.5 Å². The largest absolute Gasteiger partial charge is 0.337 e. The Morgan fingerprint density at radius 3 is 2.67 bits per heavy atom. The number of hydrogen-bond donors (Lipinski definition) is 2. The number of nitrogens with one attached hydrogen (secondary N) is 1. The van der Waals surface area contributed by atoms with E-state index in [4.69, 9.17) is 5.84 Å². The van der Waals surface area contributed by atoms with Gasteiger partial charge in [0.15, 0.2) is 12.1 Å². The maximum Gasteiger partial charge on any atom is 0.256 e. The van der Waals surface area contributed by atoms with Gasteiger partial charge in [0.25, 0.3) is 5.91 Å². The number of aldehydes is 1. The molecule has 0 bridgehead atoms. The molecule has 33 heavy (non-hydrogen) atoms. The highest BCUT2D eigenvalue weighted by Gasteiger charge is 2.33. The predicted molar refractivity (Wildman–Crippen MR) is 119 cm³/mol. The van der Waals surface area contributed by atoms with Crippen molar-refractivity contribution in [1.82, 2.24) is 19.5 Å². The summed E-state index contributed by atoms with van der Waals surface area (Å²) in [4.78, 5) is 46.5. The molecule has 1 fully saturated rings. The lowest BCUT2D eigenvalue weighted by atomic mass is 10.1. The first-order valence-corrected chi connectivity index (χ1v) is 10.2. The van der Waals surface area contributed by atoms with Gasteiger partial charge in [-0.05, 0) is 37.1 Å². The number of benzene rings is 1. The minimum Gasteiger partial charge on any atom is -0.337 e. The molecule has 0 radical (unpaired) electrons. The van der Waals surface area contributed by atoms with E-state index in [2.05, 4.69) is 21.9 Å². The van der Waals surface area contributed by atoms with Crippen molar-refractivity contribution in [3.8, 4) is 11.3 Å². The first-order valence-electron chi connectivity index (χ1n) is 10.2. The quantitative estimate of drug-likeness (QED) is 0.340. The molecule has 1 unspecified atom stereocenters. The standard InChI is InChI=1S/C23H21FN6O3/c1-2-20(32)29-11-3-4-17(29)22-28-21(18(13-31)30(22)25)14-5-7-15(8-6-14)23(33)27-19-12-16(24)9-10-26-19/h2,5-10,12-13,17H,1,3-4,11,25H2,(H,26,27,33). The number of nitrogen functional groups attached to an aromatic ring is 1. The summed E-state index contributed by atoms with van der Waals surface area (Å²) in [7, 11) is 0. The number of rotatable bonds is 6. The maximum atomic E-state index is 13.3. The number of nitrogens with two attached hydrogens (primary N) is 1. The van der Waals surface area contributed by atoms with Gasteiger partial charge < -0.3 is 16.1 Å². The van der Waals surface area contributed by atoms with Crippen LogP contribution in [0.5, 0.6) is 0 Å². The average Bonchev–Trinajstić information content (AvgIpc) is 3.42. The zero-order valence-corrected chi connectivity index (χ0v) is 17.6. The maximum absolute atomic E-state index is 13.3. The summed E-state index contributed by atoms with van der Waals surface area (Å²) in [6.07, 6.45) is 4.55. The summed E-state index contributed by atoms with van der Waals surface area (Å²) in [5, 5.41) is 2.52. The number of amides is 2. The van der Waals surface area contributed by atoms with E-state index in [0.717, 1.165) is 12.5 Å². The van der Waals surface area contributed by atoms with Gasteiger partial charge in [-0.25, -0.2) is 19.0 Å². The topological polar surface area (TPSA) is 123 Å². The van der Waals surface area contributed by atoms with Crippen molar-refractivity contribution < 1.29 is 18.8 Å². The molecule has 4 rings (SSSR count). The van der Waals surface area contributed by atoms with E-state index in [1.165, 1.54) is 23.0 Å². The van der Waals surface area contributed by atoms with E-state index >= 15 is 0 Å². The molecule has 0 saturated carbocycles. The summed E-state index contributed by atoms with van der Waals surface area (Å²) in [6, 6.07) is 8.30. The zero-order chi connectivity index (χ0) is 23.5. The predicted octanol–water partition coefficient (Wildman–Crippen LogP) is 2.71. The van der Waals surface area contributed by atoms with Crippen LogP contribution >= 0.6 is 0 Å². The number of pyridine rings is 1. The third-order valence-electron chi connectivity index (χ3n) is 5.48. The first kappa shape index (κ1) is 21.9. The van der Waals surface area contributed by atoms with Crippen molar-refractivity contribution in [2.75, 3.05) is 17.7 Å². The van der Waals surface area contributed by atoms with Crippen LogP contribution in [0.15, 0.2) is 55.3 Å². The average molecular weight is 448 g/mol. The summed E-state index contributed by atoms with van der Waals surface area (Å²) >= 11 is 0. The van der Waals surface area contributed by atoms with Crippen LogP contribution in [0.3, 0.4) is 0 Å². The first-order chi connectivity index (χ1) is 15.9. The molecular weight excluding hydrogens is 427 g/mol. The van der Waals surface area contributed by atoms with Crippen LogP contribution in [0.1, 0.15) is 45.6 Å². The lowest BCUT2D eigenvalue weighted by Crippen LogP contribution is -2.32. The molecule has 2 amide bonds. The summed E-state index contributed by atoms with van der Waals surface area (Å²) in [5.74, 6) is 5.46. The Bertz CT molecular complexity index is 1240. The fourth-order valence-electron chi connectivity index (χ4n) is 3.88. The van der Waals surface area contributed by atoms with Gasteiger partial charge in [-0.3, -0.25) is 14.4 Å². The Hall–Kier alpha value is -4.34. The Labute approximate surface area is 188 Å². The highest BCUT2D eigenvalue weighted by atomic mass is 19.1. The number of nitrogens with zero attached hydrogens (tertiary/aromatic N) is 4. The van der Waals surface area contributed by atoms with Gasteiger partial charge in [0.2, 0.25) is 5.91 Å². The van der Waals surface area contributed by atoms with Gasteiger partial charge >= 0.3 is 0 Å². The molecule has 0 spiro atoms. The molecule has 9 nitrogen and oxygen atoms in total. The number of carbonyl (C=O) groups excluding carboxylic acids is 3. The van der Waals surface area contributed by atoms with Gasteiger partial charge in [-0.15, -0.1) is 0 Å². The number of hydrogen-bond acceptors (Lipinski definition) is 6. The van der Waals surface area contributed by atoms with Crippen molar-refractivity contribution >= 4 is 23.9 Å². The van der Waals surface area contributed by atoms with E-state index in [1.54, 1.807) is 29.2 Å². The lowest BCUT2D eigenvalue weighted by molar-refractivity contribution is -0.127. The van der Waals surface area contributed by atoms with E-state index < -0.39 is 11.7 Å². The SMILES string of the molecule is C=CC(=O)N1CCCC1c1nc(-c2ccc(C(=O)Nc3cc(F)ccn3)cc2)c(C=O)n1N. The fraction of sp³-hybridized carbons (Fsp3) is 0.174. The molecule has 1 aromatic carbocycles. The van der Waals surface area contributed by atoms with Gasteiger partial charge in [-0.2, -0.15) is 0 Å². The summed E-state index contributed by atoms with van der Waals surface area (Å²) < 4.78 is 14.5. The molecule has 3 N–H and O–H groups in total. The molecule has 1 atom stereocenters.